The van der Waals surface area contributed by atoms with Crippen LogP contribution in [0.3, 0.4) is 0 Å². The van der Waals surface area contributed by atoms with Gasteiger partial charge in [-0.15, -0.1) is 0 Å². The molecule has 3 aromatic heterocycles. The van der Waals surface area contributed by atoms with Gasteiger partial charge in [0, 0.05) is 30.2 Å². The third-order valence-corrected chi connectivity index (χ3v) is 7.04. The van der Waals surface area contributed by atoms with Crippen LogP contribution in [0.5, 0.6) is 0 Å². The van der Waals surface area contributed by atoms with Crippen molar-refractivity contribution in [1.82, 2.24) is 29.7 Å². The monoisotopic (exact) mass is 474 g/mol. The van der Waals surface area contributed by atoms with Gasteiger partial charge in [-0.25, -0.2) is 19.9 Å². The van der Waals surface area contributed by atoms with E-state index in [0.717, 1.165) is 53.5 Å². The molecule has 0 aromatic carbocycles. The molecule has 0 N–H and O–H groups in total. The Morgan fingerprint density at radius 3 is 2.35 bits per heavy atom. The summed E-state index contributed by atoms with van der Waals surface area (Å²) in [5.74, 6) is 1.70. The molecule has 2 aliphatic carbocycles. The largest absolute Gasteiger partial charge is 0.379 e. The predicted octanol–water partition coefficient (Wildman–Crippen LogP) is 5.65. The highest BCUT2D eigenvalue weighted by Crippen LogP contribution is 2.41. The van der Waals surface area contributed by atoms with Gasteiger partial charge in [0.1, 0.15) is 11.3 Å². The van der Waals surface area contributed by atoms with Crippen molar-refractivity contribution >= 4 is 11.2 Å². The third-order valence-electron chi connectivity index (χ3n) is 7.04. The molecule has 1 aliphatic heterocycles. The van der Waals surface area contributed by atoms with Crippen molar-refractivity contribution in [2.24, 2.45) is 0 Å². The maximum Gasteiger partial charge on any atom is 0.379 e. The molecule has 182 valence electrons. The number of rotatable bonds is 4. The molecule has 3 aromatic rings. The molecule has 3 fully saturated rings. The number of alkyl halides is 3. The highest BCUT2D eigenvalue weighted by molar-refractivity contribution is 5.73. The first-order chi connectivity index (χ1) is 16.4. The van der Waals surface area contributed by atoms with Gasteiger partial charge in [-0.05, 0) is 52.4 Å². The first-order valence-corrected chi connectivity index (χ1v) is 12.0. The standard InChI is InChI=1S/C23H28N6O.CHF3/c1-13-14(2)26-23-21(25-13)20(15-4-3-5-15)27-22(28-23)16-8-9-30-19(10-16)17-11-24-29(12-17)18-6-7-18;2-1(3)4/h11-12,15-16,18-19H,3-10H2,1-2H3;1H/t16-,19-;/m1./s1. The van der Waals surface area contributed by atoms with Crippen LogP contribution in [0.2, 0.25) is 0 Å². The van der Waals surface area contributed by atoms with E-state index in [0.29, 0.717) is 12.0 Å². The van der Waals surface area contributed by atoms with E-state index in [1.54, 1.807) is 0 Å². The molecule has 2 atom stereocenters. The van der Waals surface area contributed by atoms with Crippen LogP contribution >= 0.6 is 0 Å². The zero-order chi connectivity index (χ0) is 23.8. The number of aromatic nitrogens is 6. The molecule has 2 saturated carbocycles. The Kier molecular flexibility index (Phi) is 6.50. The number of nitrogens with zero attached hydrogens (tertiary/aromatic N) is 6. The minimum absolute atomic E-state index is 0.0635. The lowest BCUT2D eigenvalue weighted by atomic mass is 9.82. The minimum Gasteiger partial charge on any atom is -0.373 e. The molecular formula is C24H29F3N6O. The van der Waals surface area contributed by atoms with Gasteiger partial charge in [0.2, 0.25) is 0 Å². The van der Waals surface area contributed by atoms with E-state index in [-0.39, 0.29) is 12.0 Å². The first-order valence-electron chi connectivity index (χ1n) is 12.0. The van der Waals surface area contributed by atoms with E-state index < -0.39 is 6.68 Å². The van der Waals surface area contributed by atoms with Crippen LogP contribution < -0.4 is 0 Å². The summed E-state index contributed by atoms with van der Waals surface area (Å²) in [5, 5.41) is 4.55. The topological polar surface area (TPSA) is 78.6 Å². The Hall–Kier alpha value is -2.62. The second-order valence-corrected chi connectivity index (χ2v) is 9.47. The van der Waals surface area contributed by atoms with Gasteiger partial charge < -0.3 is 4.74 Å². The zero-order valence-corrected chi connectivity index (χ0v) is 19.4. The number of fused-ring (bicyclic) bond motifs is 1. The molecule has 10 heteroatoms. The molecule has 0 amide bonds. The van der Waals surface area contributed by atoms with Crippen molar-refractivity contribution in [3.8, 4) is 0 Å². The molecule has 0 bridgehead atoms. The Bertz CT molecular complexity index is 1160. The normalized spacial score (nSPS) is 23.0. The van der Waals surface area contributed by atoms with Crippen LogP contribution in [0.4, 0.5) is 13.2 Å². The van der Waals surface area contributed by atoms with E-state index in [4.69, 9.17) is 24.7 Å². The average Bonchev–Trinajstić information content (AvgIpc) is 3.50. The van der Waals surface area contributed by atoms with Crippen LogP contribution in [0.1, 0.15) is 97.4 Å². The fraction of sp³-hybridized carbons (Fsp3) is 0.625. The number of aryl methyl sites for hydroxylation is 2. The summed E-state index contributed by atoms with van der Waals surface area (Å²) in [5.41, 5.74) is 5.87. The second kappa shape index (κ2) is 9.56. The number of hydrogen-bond acceptors (Lipinski definition) is 6. The highest BCUT2D eigenvalue weighted by atomic mass is 19.4. The first kappa shape index (κ1) is 23.1. The summed E-state index contributed by atoms with van der Waals surface area (Å²) in [6, 6.07) is 0.595. The Morgan fingerprint density at radius 1 is 0.941 bits per heavy atom. The van der Waals surface area contributed by atoms with Crippen molar-refractivity contribution < 1.29 is 17.9 Å². The van der Waals surface area contributed by atoms with E-state index in [1.807, 2.05) is 20.0 Å². The molecule has 0 unspecified atom stereocenters. The van der Waals surface area contributed by atoms with Gasteiger partial charge in [0.15, 0.2) is 5.65 Å². The summed E-state index contributed by atoms with van der Waals surface area (Å²) < 4.78 is 37.2. The van der Waals surface area contributed by atoms with Crippen LogP contribution in [-0.4, -0.2) is 43.0 Å². The summed E-state index contributed by atoms with van der Waals surface area (Å²) >= 11 is 0. The van der Waals surface area contributed by atoms with Gasteiger partial charge in [0.05, 0.1) is 35.4 Å². The number of halogens is 3. The van der Waals surface area contributed by atoms with Crippen molar-refractivity contribution in [3.05, 3.63) is 40.9 Å². The van der Waals surface area contributed by atoms with Gasteiger partial charge in [0.25, 0.3) is 0 Å². The molecule has 34 heavy (non-hydrogen) atoms. The van der Waals surface area contributed by atoms with Gasteiger partial charge in [-0.1, -0.05) is 6.42 Å². The number of ether oxygens (including phenoxy) is 1. The van der Waals surface area contributed by atoms with E-state index >= 15 is 0 Å². The van der Waals surface area contributed by atoms with E-state index in [9.17, 15) is 13.2 Å². The fourth-order valence-electron chi connectivity index (χ4n) is 4.62. The van der Waals surface area contributed by atoms with Gasteiger partial charge in [-0.3, -0.25) is 4.68 Å². The highest BCUT2D eigenvalue weighted by Gasteiger charge is 2.32. The Labute approximate surface area is 196 Å². The van der Waals surface area contributed by atoms with Crippen LogP contribution in [0, 0.1) is 13.8 Å². The van der Waals surface area contributed by atoms with Crippen LogP contribution in [-0.2, 0) is 4.74 Å². The van der Waals surface area contributed by atoms with Crippen molar-refractivity contribution in [1.29, 1.82) is 0 Å². The average molecular weight is 475 g/mol. The van der Waals surface area contributed by atoms with Gasteiger partial charge >= 0.3 is 6.68 Å². The van der Waals surface area contributed by atoms with Crippen molar-refractivity contribution in [2.75, 3.05) is 6.61 Å². The predicted molar refractivity (Wildman–Crippen MR) is 119 cm³/mol. The van der Waals surface area contributed by atoms with Gasteiger partial charge in [-0.2, -0.15) is 18.3 Å². The quantitative estimate of drug-likeness (QED) is 0.486. The molecule has 1 saturated heterocycles. The minimum atomic E-state index is -3.67. The Morgan fingerprint density at radius 2 is 1.68 bits per heavy atom. The summed E-state index contributed by atoms with van der Waals surface area (Å²) in [7, 11) is 0. The molecule has 3 aliphatic rings. The summed E-state index contributed by atoms with van der Waals surface area (Å²) in [6.45, 7) is 1.09. The lowest BCUT2D eigenvalue weighted by Crippen LogP contribution is -2.22. The Balaban J connectivity index is 0.000000560. The second-order valence-electron chi connectivity index (χ2n) is 9.47. The zero-order valence-electron chi connectivity index (χ0n) is 19.4. The molecule has 6 rings (SSSR count). The molecule has 4 heterocycles. The smallest absolute Gasteiger partial charge is 0.373 e. The summed E-state index contributed by atoms with van der Waals surface area (Å²) in [4.78, 5) is 19.6. The lowest BCUT2D eigenvalue weighted by Gasteiger charge is -2.30. The molecular weight excluding hydrogens is 445 g/mol. The maximum absolute atomic E-state index is 9.67. The van der Waals surface area contributed by atoms with E-state index in [2.05, 4.69) is 16.0 Å². The van der Waals surface area contributed by atoms with Crippen LogP contribution in [0.25, 0.3) is 11.2 Å². The number of hydrogen-bond donors (Lipinski definition) is 0. The third kappa shape index (κ3) is 4.92. The van der Waals surface area contributed by atoms with Crippen LogP contribution in [0.15, 0.2) is 12.4 Å². The molecule has 0 spiro atoms. The van der Waals surface area contributed by atoms with Crippen molar-refractivity contribution in [3.63, 3.8) is 0 Å². The molecule has 7 nitrogen and oxygen atoms in total. The van der Waals surface area contributed by atoms with Crippen molar-refractivity contribution in [2.45, 2.75) is 89.5 Å². The lowest BCUT2D eigenvalue weighted by molar-refractivity contribution is 0.00388. The SMILES string of the molecule is Cc1nc2nc([C@@H]3CCO[C@@H](c4cnn(C5CC5)c4)C3)nc(C3CCC3)c2nc1C.FC(F)F. The maximum atomic E-state index is 9.67. The summed E-state index contributed by atoms with van der Waals surface area (Å²) in [6.07, 6.45) is 12.2. The van der Waals surface area contributed by atoms with E-state index in [1.165, 1.54) is 37.7 Å². The molecule has 0 radical (unpaired) electrons. The fourth-order valence-corrected chi connectivity index (χ4v) is 4.62.